The lowest BCUT2D eigenvalue weighted by Gasteiger charge is -2.09. The molecule has 0 aliphatic carbocycles. The van der Waals surface area contributed by atoms with E-state index in [1.807, 2.05) is 0 Å². The van der Waals surface area contributed by atoms with Crippen LogP contribution in [0.1, 0.15) is 11.1 Å². The molecule has 0 aliphatic heterocycles. The van der Waals surface area contributed by atoms with Gasteiger partial charge in [0, 0.05) is 6.54 Å². The molecule has 0 atom stereocenters. The molecule has 0 fully saturated rings. The van der Waals surface area contributed by atoms with Gasteiger partial charge in [0.2, 0.25) is 0 Å². The van der Waals surface area contributed by atoms with Crippen LogP contribution in [0.3, 0.4) is 0 Å². The van der Waals surface area contributed by atoms with Crippen molar-refractivity contribution in [3.63, 3.8) is 0 Å². The third-order valence-corrected chi connectivity index (χ3v) is 2.26. The van der Waals surface area contributed by atoms with Crippen molar-refractivity contribution in [3.05, 3.63) is 40.4 Å². The number of hydrogen-bond donors (Lipinski definition) is 1. The summed E-state index contributed by atoms with van der Waals surface area (Å²) in [6, 6.07) is 3.83. The Labute approximate surface area is 96.9 Å². The van der Waals surface area contributed by atoms with E-state index in [1.54, 1.807) is 25.3 Å². The zero-order valence-electron chi connectivity index (χ0n) is 8.61. The van der Waals surface area contributed by atoms with E-state index in [-0.39, 0.29) is 5.02 Å². The van der Waals surface area contributed by atoms with Crippen LogP contribution in [0.25, 0.3) is 6.08 Å². The zero-order valence-corrected chi connectivity index (χ0v) is 9.36. The molecule has 0 aromatic heterocycles. The normalized spacial score (nSPS) is 12.3. The lowest BCUT2D eigenvalue weighted by molar-refractivity contribution is -0.137. The maximum Gasteiger partial charge on any atom is 0.417 e. The first-order chi connectivity index (χ1) is 7.45. The van der Waals surface area contributed by atoms with Gasteiger partial charge in [-0.2, -0.15) is 13.2 Å². The van der Waals surface area contributed by atoms with Gasteiger partial charge in [-0.1, -0.05) is 29.8 Å². The molecule has 0 heterocycles. The minimum Gasteiger partial charge on any atom is -0.316 e. The molecule has 1 aromatic carbocycles. The molecule has 88 valence electrons. The first-order valence-electron chi connectivity index (χ1n) is 4.63. The van der Waals surface area contributed by atoms with Crippen LogP contribution in [0.4, 0.5) is 13.2 Å². The van der Waals surface area contributed by atoms with E-state index in [4.69, 9.17) is 11.6 Å². The summed E-state index contributed by atoms with van der Waals surface area (Å²) in [6.45, 7) is 0.601. The second-order valence-corrected chi connectivity index (χ2v) is 3.60. The van der Waals surface area contributed by atoms with E-state index in [0.717, 1.165) is 6.07 Å². The van der Waals surface area contributed by atoms with Crippen molar-refractivity contribution in [3.8, 4) is 0 Å². The predicted molar refractivity (Wildman–Crippen MR) is 59.4 cm³/mol. The monoisotopic (exact) mass is 249 g/mol. The molecule has 1 aromatic rings. The number of nitrogens with one attached hydrogen (secondary N) is 1. The van der Waals surface area contributed by atoms with Crippen molar-refractivity contribution in [2.75, 3.05) is 13.6 Å². The summed E-state index contributed by atoms with van der Waals surface area (Å²) >= 11 is 5.49. The molecule has 5 heteroatoms. The molecule has 0 radical (unpaired) electrons. The van der Waals surface area contributed by atoms with Crippen molar-refractivity contribution in [2.24, 2.45) is 0 Å². The molecule has 0 bridgehead atoms. The maximum absolute atomic E-state index is 12.5. The molecule has 1 N–H and O–H groups in total. The van der Waals surface area contributed by atoms with Gasteiger partial charge in [0.1, 0.15) is 0 Å². The van der Waals surface area contributed by atoms with Crippen LogP contribution < -0.4 is 5.32 Å². The second-order valence-electron chi connectivity index (χ2n) is 3.20. The molecule has 1 rings (SSSR count). The van der Waals surface area contributed by atoms with Crippen molar-refractivity contribution >= 4 is 17.7 Å². The predicted octanol–water partition coefficient (Wildman–Crippen LogP) is 3.59. The number of halogens is 4. The van der Waals surface area contributed by atoms with Crippen LogP contribution in [0, 0.1) is 0 Å². The Morgan fingerprint density at radius 1 is 1.38 bits per heavy atom. The minimum atomic E-state index is -4.41. The second kappa shape index (κ2) is 5.37. The highest BCUT2D eigenvalue weighted by Gasteiger charge is 2.33. The van der Waals surface area contributed by atoms with Crippen LogP contribution in [-0.2, 0) is 6.18 Å². The van der Waals surface area contributed by atoms with Gasteiger partial charge in [-0.15, -0.1) is 0 Å². The van der Waals surface area contributed by atoms with Crippen molar-refractivity contribution < 1.29 is 13.2 Å². The van der Waals surface area contributed by atoms with Crippen LogP contribution >= 0.6 is 11.6 Å². The van der Waals surface area contributed by atoms with Crippen molar-refractivity contribution in [2.45, 2.75) is 6.18 Å². The summed E-state index contributed by atoms with van der Waals surface area (Å²) < 4.78 is 37.5. The SMILES string of the molecule is CNCC=Cc1ccc(Cl)c(C(F)(F)F)c1. The Hall–Kier alpha value is -1.00. The molecule has 0 amide bonds. The van der Waals surface area contributed by atoms with Gasteiger partial charge in [-0.25, -0.2) is 0 Å². The van der Waals surface area contributed by atoms with Crippen molar-refractivity contribution in [1.29, 1.82) is 0 Å². The van der Waals surface area contributed by atoms with E-state index < -0.39 is 11.7 Å². The number of hydrogen-bond acceptors (Lipinski definition) is 1. The summed E-state index contributed by atoms with van der Waals surface area (Å²) in [6.07, 6.45) is -1.06. The lowest BCUT2D eigenvalue weighted by Crippen LogP contribution is -2.06. The topological polar surface area (TPSA) is 12.0 Å². The minimum absolute atomic E-state index is 0.279. The molecule has 0 saturated carbocycles. The first-order valence-corrected chi connectivity index (χ1v) is 5.01. The third-order valence-electron chi connectivity index (χ3n) is 1.93. The standard InChI is InChI=1S/C11H11ClF3N/c1-16-6-2-3-8-4-5-10(12)9(7-8)11(13,14)15/h2-5,7,16H,6H2,1H3. The van der Waals surface area contributed by atoms with Gasteiger partial charge in [0.25, 0.3) is 0 Å². The van der Waals surface area contributed by atoms with E-state index in [0.29, 0.717) is 12.1 Å². The Morgan fingerprint density at radius 3 is 2.62 bits per heavy atom. The zero-order chi connectivity index (χ0) is 12.2. The number of rotatable bonds is 3. The van der Waals surface area contributed by atoms with Gasteiger partial charge in [0.15, 0.2) is 0 Å². The smallest absolute Gasteiger partial charge is 0.316 e. The molecule has 0 spiro atoms. The highest BCUT2D eigenvalue weighted by molar-refractivity contribution is 6.31. The van der Waals surface area contributed by atoms with Crippen LogP contribution in [0.15, 0.2) is 24.3 Å². The molecule has 16 heavy (non-hydrogen) atoms. The lowest BCUT2D eigenvalue weighted by atomic mass is 10.1. The van der Waals surface area contributed by atoms with E-state index in [1.165, 1.54) is 6.07 Å². The van der Waals surface area contributed by atoms with E-state index >= 15 is 0 Å². The van der Waals surface area contributed by atoms with Gasteiger partial charge in [-0.3, -0.25) is 0 Å². The average Bonchev–Trinajstić information content (AvgIpc) is 2.19. The molecule has 0 aliphatic rings. The average molecular weight is 250 g/mol. The van der Waals surface area contributed by atoms with Crippen LogP contribution in [-0.4, -0.2) is 13.6 Å². The Kier molecular flexibility index (Phi) is 4.38. The summed E-state index contributed by atoms with van der Waals surface area (Å²) in [5.41, 5.74) is -0.326. The molecule has 0 unspecified atom stereocenters. The summed E-state index contributed by atoms with van der Waals surface area (Å²) in [5.74, 6) is 0. The Bertz CT molecular complexity index is 385. The number of alkyl halides is 3. The van der Waals surface area contributed by atoms with Crippen molar-refractivity contribution in [1.82, 2.24) is 5.32 Å². The first kappa shape index (κ1) is 13.1. The van der Waals surface area contributed by atoms with Gasteiger partial charge in [-0.05, 0) is 24.7 Å². The molecule has 1 nitrogen and oxygen atoms in total. The largest absolute Gasteiger partial charge is 0.417 e. The Balaban J connectivity index is 2.99. The summed E-state index contributed by atoms with van der Waals surface area (Å²) in [4.78, 5) is 0. The fourth-order valence-corrected chi connectivity index (χ4v) is 1.40. The maximum atomic E-state index is 12.5. The number of benzene rings is 1. The number of likely N-dealkylation sites (N-methyl/N-ethyl adjacent to an activating group) is 1. The third kappa shape index (κ3) is 3.54. The molecule has 0 saturated heterocycles. The summed E-state index contributed by atoms with van der Waals surface area (Å²) in [7, 11) is 1.76. The van der Waals surface area contributed by atoms with Gasteiger partial charge < -0.3 is 5.32 Å². The fraction of sp³-hybridized carbons (Fsp3) is 0.273. The van der Waals surface area contributed by atoms with Gasteiger partial charge >= 0.3 is 6.18 Å². The highest BCUT2D eigenvalue weighted by Crippen LogP contribution is 2.35. The fourth-order valence-electron chi connectivity index (χ4n) is 1.18. The summed E-state index contributed by atoms with van der Waals surface area (Å²) in [5, 5.41) is 2.58. The van der Waals surface area contributed by atoms with Crippen LogP contribution in [0.5, 0.6) is 0 Å². The Morgan fingerprint density at radius 2 is 2.06 bits per heavy atom. The molecular weight excluding hydrogens is 239 g/mol. The molecular formula is C11H11ClF3N. The van der Waals surface area contributed by atoms with E-state index in [9.17, 15) is 13.2 Å². The van der Waals surface area contributed by atoms with E-state index in [2.05, 4.69) is 5.32 Å². The van der Waals surface area contributed by atoms with Crippen LogP contribution in [0.2, 0.25) is 5.02 Å². The highest BCUT2D eigenvalue weighted by atomic mass is 35.5. The van der Waals surface area contributed by atoms with Gasteiger partial charge in [0.05, 0.1) is 10.6 Å². The quantitative estimate of drug-likeness (QED) is 0.863.